The van der Waals surface area contributed by atoms with Gasteiger partial charge in [-0.05, 0) is 31.4 Å². The molecule has 1 amide bonds. The molecule has 0 heterocycles. The van der Waals surface area contributed by atoms with E-state index >= 15 is 0 Å². The summed E-state index contributed by atoms with van der Waals surface area (Å²) in [6.07, 6.45) is 1.53. The van der Waals surface area contributed by atoms with Gasteiger partial charge in [-0.3, -0.25) is 4.79 Å². The molecule has 0 saturated carbocycles. The standard InChI is InChI=1S/C16H26N2O/c1-4-17-14(3)12-16(19)18-11-10-13(2)15-8-6-5-7-9-15/h5-9,13-14,17H,4,10-12H2,1-3H3,(H,18,19). The van der Waals surface area contributed by atoms with Crippen LogP contribution in [0.5, 0.6) is 0 Å². The van der Waals surface area contributed by atoms with Gasteiger partial charge in [0.1, 0.15) is 0 Å². The fraction of sp³-hybridized carbons (Fsp3) is 0.562. The molecule has 3 nitrogen and oxygen atoms in total. The second-order valence-corrected chi connectivity index (χ2v) is 5.11. The number of carbonyl (C=O) groups excluding carboxylic acids is 1. The van der Waals surface area contributed by atoms with Gasteiger partial charge in [0.25, 0.3) is 0 Å². The molecule has 2 atom stereocenters. The zero-order valence-corrected chi connectivity index (χ0v) is 12.3. The van der Waals surface area contributed by atoms with Crippen LogP contribution in [0.1, 0.15) is 45.1 Å². The lowest BCUT2D eigenvalue weighted by Gasteiger charge is -2.14. The van der Waals surface area contributed by atoms with Crippen molar-refractivity contribution in [2.24, 2.45) is 0 Å². The summed E-state index contributed by atoms with van der Waals surface area (Å²) >= 11 is 0. The number of amides is 1. The normalized spacial score (nSPS) is 13.8. The smallest absolute Gasteiger partial charge is 0.221 e. The minimum absolute atomic E-state index is 0.133. The van der Waals surface area contributed by atoms with E-state index in [9.17, 15) is 4.79 Å². The van der Waals surface area contributed by atoms with E-state index in [1.807, 2.05) is 13.0 Å². The fourth-order valence-corrected chi connectivity index (χ4v) is 2.15. The van der Waals surface area contributed by atoms with Gasteiger partial charge in [-0.15, -0.1) is 0 Å². The van der Waals surface area contributed by atoms with Gasteiger partial charge in [0.05, 0.1) is 0 Å². The Hall–Kier alpha value is -1.35. The first kappa shape index (κ1) is 15.7. The molecule has 0 fully saturated rings. The van der Waals surface area contributed by atoms with Gasteiger partial charge in [-0.1, -0.05) is 44.2 Å². The second-order valence-electron chi connectivity index (χ2n) is 5.11. The van der Waals surface area contributed by atoms with Crippen molar-refractivity contribution in [3.63, 3.8) is 0 Å². The van der Waals surface area contributed by atoms with Crippen molar-refractivity contribution in [1.29, 1.82) is 0 Å². The Balaban J connectivity index is 2.21. The number of hydrogen-bond donors (Lipinski definition) is 2. The molecule has 0 aliphatic rings. The predicted octanol–water partition coefficient (Wildman–Crippen LogP) is 2.68. The van der Waals surface area contributed by atoms with Crippen LogP contribution < -0.4 is 10.6 Å². The maximum atomic E-state index is 11.7. The van der Waals surface area contributed by atoms with Gasteiger partial charge < -0.3 is 10.6 Å². The predicted molar refractivity (Wildman–Crippen MR) is 80.2 cm³/mol. The molecular formula is C16H26N2O. The van der Waals surface area contributed by atoms with Gasteiger partial charge in [0.2, 0.25) is 5.91 Å². The molecule has 1 aromatic rings. The molecular weight excluding hydrogens is 236 g/mol. The largest absolute Gasteiger partial charge is 0.356 e. The molecule has 0 aliphatic carbocycles. The third kappa shape index (κ3) is 6.39. The van der Waals surface area contributed by atoms with Crippen LogP contribution in [0.3, 0.4) is 0 Å². The van der Waals surface area contributed by atoms with E-state index in [1.54, 1.807) is 0 Å². The first-order valence-electron chi connectivity index (χ1n) is 7.18. The van der Waals surface area contributed by atoms with Crippen molar-refractivity contribution in [3.05, 3.63) is 35.9 Å². The Bertz CT molecular complexity index is 364. The third-order valence-corrected chi connectivity index (χ3v) is 3.31. The summed E-state index contributed by atoms with van der Waals surface area (Å²) in [6.45, 7) is 7.93. The van der Waals surface area contributed by atoms with Crippen molar-refractivity contribution >= 4 is 5.91 Å². The highest BCUT2D eigenvalue weighted by Gasteiger charge is 2.09. The van der Waals surface area contributed by atoms with Gasteiger partial charge in [0.15, 0.2) is 0 Å². The van der Waals surface area contributed by atoms with E-state index < -0.39 is 0 Å². The van der Waals surface area contributed by atoms with Crippen LogP contribution in [0.25, 0.3) is 0 Å². The van der Waals surface area contributed by atoms with Crippen LogP contribution in [0.4, 0.5) is 0 Å². The first-order valence-corrected chi connectivity index (χ1v) is 7.18. The summed E-state index contributed by atoms with van der Waals surface area (Å²) in [5, 5.41) is 6.23. The van der Waals surface area contributed by atoms with E-state index in [2.05, 4.69) is 48.7 Å². The van der Waals surface area contributed by atoms with Crippen molar-refractivity contribution < 1.29 is 4.79 Å². The first-order chi connectivity index (χ1) is 9.13. The number of nitrogens with one attached hydrogen (secondary N) is 2. The summed E-state index contributed by atoms with van der Waals surface area (Å²) < 4.78 is 0. The van der Waals surface area contributed by atoms with E-state index in [1.165, 1.54) is 5.56 Å². The highest BCUT2D eigenvalue weighted by atomic mass is 16.1. The van der Waals surface area contributed by atoms with Gasteiger partial charge in [0, 0.05) is 19.0 Å². The average Bonchev–Trinajstić information content (AvgIpc) is 2.39. The lowest BCUT2D eigenvalue weighted by atomic mass is 9.98. The SMILES string of the molecule is CCNC(C)CC(=O)NCCC(C)c1ccccc1. The second kappa shape index (κ2) is 8.70. The summed E-state index contributed by atoms with van der Waals surface area (Å²) in [5.74, 6) is 0.612. The van der Waals surface area contributed by atoms with Crippen molar-refractivity contribution in [3.8, 4) is 0 Å². The molecule has 106 valence electrons. The number of hydrogen-bond acceptors (Lipinski definition) is 2. The molecule has 0 bridgehead atoms. The lowest BCUT2D eigenvalue weighted by molar-refractivity contribution is -0.121. The minimum Gasteiger partial charge on any atom is -0.356 e. The van der Waals surface area contributed by atoms with Crippen LogP contribution in [0.15, 0.2) is 30.3 Å². The average molecular weight is 262 g/mol. The fourth-order valence-electron chi connectivity index (χ4n) is 2.15. The molecule has 0 aromatic heterocycles. The molecule has 0 spiro atoms. The maximum absolute atomic E-state index is 11.7. The van der Waals surface area contributed by atoms with Gasteiger partial charge in [-0.2, -0.15) is 0 Å². The molecule has 1 aromatic carbocycles. The minimum atomic E-state index is 0.133. The molecule has 2 unspecified atom stereocenters. The van der Waals surface area contributed by atoms with Crippen LogP contribution in [-0.4, -0.2) is 25.0 Å². The number of benzene rings is 1. The summed E-state index contributed by atoms with van der Waals surface area (Å²) in [6, 6.07) is 10.7. The van der Waals surface area contributed by atoms with Crippen molar-refractivity contribution in [2.45, 2.75) is 45.6 Å². The van der Waals surface area contributed by atoms with E-state index in [0.717, 1.165) is 19.5 Å². The van der Waals surface area contributed by atoms with Crippen molar-refractivity contribution in [1.82, 2.24) is 10.6 Å². The van der Waals surface area contributed by atoms with Gasteiger partial charge in [-0.25, -0.2) is 0 Å². The zero-order chi connectivity index (χ0) is 14.1. The maximum Gasteiger partial charge on any atom is 0.221 e. The van der Waals surface area contributed by atoms with Crippen LogP contribution in [-0.2, 0) is 4.79 Å². The van der Waals surface area contributed by atoms with Crippen LogP contribution in [0.2, 0.25) is 0 Å². The van der Waals surface area contributed by atoms with E-state index in [4.69, 9.17) is 0 Å². The number of carbonyl (C=O) groups is 1. The molecule has 0 saturated heterocycles. The highest BCUT2D eigenvalue weighted by molar-refractivity contribution is 5.76. The Kier molecular flexibility index (Phi) is 7.19. The Morgan fingerprint density at radius 1 is 1.21 bits per heavy atom. The van der Waals surface area contributed by atoms with Crippen LogP contribution in [0, 0.1) is 0 Å². The molecule has 0 aliphatic heterocycles. The quantitative estimate of drug-likeness (QED) is 0.756. The molecule has 0 radical (unpaired) electrons. The van der Waals surface area contributed by atoms with Crippen molar-refractivity contribution in [2.75, 3.05) is 13.1 Å². The van der Waals surface area contributed by atoms with E-state index in [0.29, 0.717) is 12.3 Å². The number of rotatable bonds is 8. The Morgan fingerprint density at radius 3 is 2.53 bits per heavy atom. The molecule has 3 heteroatoms. The summed E-state index contributed by atoms with van der Waals surface area (Å²) in [7, 11) is 0. The topological polar surface area (TPSA) is 41.1 Å². The van der Waals surface area contributed by atoms with Crippen LogP contribution >= 0.6 is 0 Å². The Labute approximate surface area is 116 Å². The zero-order valence-electron chi connectivity index (χ0n) is 12.3. The molecule has 1 rings (SSSR count). The van der Waals surface area contributed by atoms with E-state index in [-0.39, 0.29) is 11.9 Å². The highest BCUT2D eigenvalue weighted by Crippen LogP contribution is 2.17. The molecule has 2 N–H and O–H groups in total. The summed E-state index contributed by atoms with van der Waals surface area (Å²) in [4.78, 5) is 11.7. The third-order valence-electron chi connectivity index (χ3n) is 3.31. The van der Waals surface area contributed by atoms with Gasteiger partial charge >= 0.3 is 0 Å². The monoisotopic (exact) mass is 262 g/mol. The molecule has 19 heavy (non-hydrogen) atoms. The Morgan fingerprint density at radius 2 is 1.89 bits per heavy atom. The lowest BCUT2D eigenvalue weighted by Crippen LogP contribution is -2.34. The summed E-state index contributed by atoms with van der Waals surface area (Å²) in [5.41, 5.74) is 1.33.